The summed E-state index contributed by atoms with van der Waals surface area (Å²) < 4.78 is 47.2. The number of halogens is 3. The highest BCUT2D eigenvalue weighted by Crippen LogP contribution is 2.37. The van der Waals surface area contributed by atoms with E-state index in [1.165, 1.54) is 19.2 Å². The Labute approximate surface area is 186 Å². The third-order valence-electron chi connectivity index (χ3n) is 4.81. The summed E-state index contributed by atoms with van der Waals surface area (Å²) in [6, 6.07) is 20.0. The maximum absolute atomic E-state index is 13.4. The van der Waals surface area contributed by atoms with Crippen LogP contribution in [0.4, 0.5) is 24.5 Å². The second-order valence-corrected chi connectivity index (χ2v) is 6.93. The second-order valence-electron chi connectivity index (χ2n) is 6.93. The molecule has 1 heterocycles. The van der Waals surface area contributed by atoms with Crippen molar-refractivity contribution in [1.82, 2.24) is 0 Å². The predicted molar refractivity (Wildman–Crippen MR) is 116 cm³/mol. The van der Waals surface area contributed by atoms with Gasteiger partial charge in [0.05, 0.1) is 18.4 Å². The molecule has 0 aromatic heterocycles. The SMILES string of the molecule is COc1ccccc1C1=C(Nc2cccc(OC(F)(F)F)c2)C(=O)N(c2ccccc2)C1=O. The van der Waals surface area contributed by atoms with E-state index in [0.29, 0.717) is 17.0 Å². The van der Waals surface area contributed by atoms with Gasteiger partial charge in [0.2, 0.25) is 0 Å². The van der Waals surface area contributed by atoms with Crippen molar-refractivity contribution in [2.24, 2.45) is 0 Å². The molecule has 6 nitrogen and oxygen atoms in total. The molecular formula is C24H17F3N2O4. The average Bonchev–Trinajstić information content (AvgIpc) is 3.02. The van der Waals surface area contributed by atoms with Crippen LogP contribution in [0.1, 0.15) is 5.56 Å². The fourth-order valence-corrected chi connectivity index (χ4v) is 3.47. The third-order valence-corrected chi connectivity index (χ3v) is 4.81. The van der Waals surface area contributed by atoms with Gasteiger partial charge in [-0.2, -0.15) is 0 Å². The second kappa shape index (κ2) is 8.70. The largest absolute Gasteiger partial charge is 0.573 e. The fraction of sp³-hybridized carbons (Fsp3) is 0.0833. The summed E-state index contributed by atoms with van der Waals surface area (Å²) in [7, 11) is 1.43. The number of para-hydroxylation sites is 2. The summed E-state index contributed by atoms with van der Waals surface area (Å²) in [4.78, 5) is 27.8. The number of benzene rings is 3. The van der Waals surface area contributed by atoms with Crippen molar-refractivity contribution >= 4 is 28.8 Å². The van der Waals surface area contributed by atoms with Crippen LogP contribution in [0.25, 0.3) is 5.57 Å². The highest BCUT2D eigenvalue weighted by molar-refractivity contribution is 6.46. The molecule has 3 aromatic carbocycles. The van der Waals surface area contributed by atoms with Crippen molar-refractivity contribution in [1.29, 1.82) is 0 Å². The van der Waals surface area contributed by atoms with Crippen LogP contribution in [0, 0.1) is 0 Å². The van der Waals surface area contributed by atoms with Crippen molar-refractivity contribution in [3.05, 3.63) is 90.1 Å². The lowest BCUT2D eigenvalue weighted by Gasteiger charge is -2.15. The minimum absolute atomic E-state index is 0.0310. The van der Waals surface area contributed by atoms with Crippen LogP contribution in [0.3, 0.4) is 0 Å². The van der Waals surface area contributed by atoms with Gasteiger partial charge in [-0.15, -0.1) is 13.2 Å². The number of nitrogens with one attached hydrogen (secondary N) is 1. The topological polar surface area (TPSA) is 67.9 Å². The third kappa shape index (κ3) is 4.52. The van der Waals surface area contributed by atoms with Gasteiger partial charge in [-0.05, 0) is 30.3 Å². The first-order chi connectivity index (χ1) is 15.8. The van der Waals surface area contributed by atoms with E-state index in [0.717, 1.165) is 17.0 Å². The molecule has 3 aromatic rings. The Morgan fingerprint density at radius 2 is 1.55 bits per heavy atom. The van der Waals surface area contributed by atoms with E-state index in [4.69, 9.17) is 4.74 Å². The van der Waals surface area contributed by atoms with Gasteiger partial charge in [0.25, 0.3) is 11.8 Å². The van der Waals surface area contributed by atoms with E-state index in [1.807, 2.05) is 0 Å². The summed E-state index contributed by atoms with van der Waals surface area (Å²) >= 11 is 0. The molecule has 0 saturated carbocycles. The van der Waals surface area contributed by atoms with Gasteiger partial charge in [-0.3, -0.25) is 9.59 Å². The lowest BCUT2D eigenvalue weighted by Crippen LogP contribution is -2.32. The Kier molecular flexibility index (Phi) is 5.78. The van der Waals surface area contributed by atoms with Crippen LogP contribution in [0.5, 0.6) is 11.5 Å². The number of anilines is 2. The molecule has 0 unspecified atom stereocenters. The molecule has 1 aliphatic heterocycles. The van der Waals surface area contributed by atoms with E-state index in [9.17, 15) is 22.8 Å². The highest BCUT2D eigenvalue weighted by atomic mass is 19.4. The summed E-state index contributed by atoms with van der Waals surface area (Å²) in [6.07, 6.45) is -4.87. The number of carbonyl (C=O) groups excluding carboxylic acids is 2. The number of carbonyl (C=O) groups is 2. The van der Waals surface area contributed by atoms with E-state index in [2.05, 4.69) is 10.1 Å². The minimum Gasteiger partial charge on any atom is -0.496 e. The molecule has 4 rings (SSSR count). The van der Waals surface area contributed by atoms with Crippen molar-refractivity contribution in [2.75, 3.05) is 17.3 Å². The van der Waals surface area contributed by atoms with Gasteiger partial charge in [-0.1, -0.05) is 42.5 Å². The van der Waals surface area contributed by atoms with Gasteiger partial charge in [-0.25, -0.2) is 4.90 Å². The predicted octanol–water partition coefficient (Wildman–Crippen LogP) is 4.99. The number of methoxy groups -OCH3 is 1. The molecule has 1 N–H and O–H groups in total. The zero-order valence-electron chi connectivity index (χ0n) is 17.2. The zero-order chi connectivity index (χ0) is 23.6. The average molecular weight is 454 g/mol. The zero-order valence-corrected chi connectivity index (χ0v) is 17.2. The molecule has 0 radical (unpaired) electrons. The highest BCUT2D eigenvalue weighted by Gasteiger charge is 2.41. The molecule has 0 aliphatic carbocycles. The normalized spacial score (nSPS) is 14.0. The van der Waals surface area contributed by atoms with Gasteiger partial charge >= 0.3 is 6.36 Å². The number of rotatable bonds is 6. The smallest absolute Gasteiger partial charge is 0.496 e. The summed E-state index contributed by atoms with van der Waals surface area (Å²) in [5.41, 5.74) is 0.781. The maximum Gasteiger partial charge on any atom is 0.573 e. The van der Waals surface area contributed by atoms with Crippen LogP contribution < -0.4 is 19.7 Å². The molecule has 9 heteroatoms. The molecule has 0 bridgehead atoms. The van der Waals surface area contributed by atoms with Crippen molar-refractivity contribution in [3.8, 4) is 11.5 Å². The Balaban J connectivity index is 1.81. The molecule has 2 amide bonds. The Bertz CT molecular complexity index is 1240. The molecule has 33 heavy (non-hydrogen) atoms. The van der Waals surface area contributed by atoms with Gasteiger partial charge in [0, 0.05) is 17.3 Å². The van der Waals surface area contributed by atoms with Gasteiger partial charge < -0.3 is 14.8 Å². The molecule has 0 saturated heterocycles. The maximum atomic E-state index is 13.4. The van der Waals surface area contributed by atoms with E-state index in [1.54, 1.807) is 54.6 Å². The van der Waals surface area contributed by atoms with E-state index >= 15 is 0 Å². The minimum atomic E-state index is -4.87. The number of alkyl halides is 3. The molecule has 1 aliphatic rings. The number of hydrogen-bond acceptors (Lipinski definition) is 5. The quantitative estimate of drug-likeness (QED) is 0.532. The van der Waals surface area contributed by atoms with Crippen molar-refractivity contribution in [2.45, 2.75) is 6.36 Å². The number of nitrogens with zero attached hydrogens (tertiary/aromatic N) is 1. The number of ether oxygens (including phenoxy) is 2. The van der Waals surface area contributed by atoms with Crippen LogP contribution in [0.15, 0.2) is 84.6 Å². The lowest BCUT2D eigenvalue weighted by molar-refractivity contribution is -0.274. The standard InChI is InChI=1S/C24H17F3N2O4/c1-32-19-13-6-5-12-18(19)20-21(23(31)29(22(20)30)16-9-3-2-4-10-16)28-15-8-7-11-17(14-15)33-24(25,26)27/h2-14,28H,1H3. The molecule has 168 valence electrons. The van der Waals surface area contributed by atoms with Crippen LogP contribution in [-0.2, 0) is 9.59 Å². The van der Waals surface area contributed by atoms with Gasteiger partial charge in [0.1, 0.15) is 17.2 Å². The first kappa shape index (κ1) is 21.9. The van der Waals surface area contributed by atoms with Gasteiger partial charge in [0.15, 0.2) is 0 Å². The van der Waals surface area contributed by atoms with Crippen molar-refractivity contribution < 1.29 is 32.2 Å². The van der Waals surface area contributed by atoms with E-state index in [-0.39, 0.29) is 17.0 Å². The summed E-state index contributed by atoms with van der Waals surface area (Å²) in [5.74, 6) is -1.37. The Morgan fingerprint density at radius 1 is 0.848 bits per heavy atom. The molecule has 0 atom stereocenters. The first-order valence-corrected chi connectivity index (χ1v) is 9.73. The molecule has 0 fully saturated rings. The fourth-order valence-electron chi connectivity index (χ4n) is 3.47. The Morgan fingerprint density at radius 3 is 2.24 bits per heavy atom. The molecule has 0 spiro atoms. The molecular weight excluding hydrogens is 437 g/mol. The monoisotopic (exact) mass is 454 g/mol. The first-order valence-electron chi connectivity index (χ1n) is 9.73. The number of hydrogen-bond donors (Lipinski definition) is 1. The number of imide groups is 1. The number of amides is 2. The van der Waals surface area contributed by atoms with E-state index < -0.39 is 23.9 Å². The Hall–Kier alpha value is -4.27. The van der Waals surface area contributed by atoms with Crippen LogP contribution >= 0.6 is 0 Å². The van der Waals surface area contributed by atoms with Crippen LogP contribution in [-0.4, -0.2) is 25.3 Å². The van der Waals surface area contributed by atoms with Crippen molar-refractivity contribution in [3.63, 3.8) is 0 Å². The lowest BCUT2D eigenvalue weighted by atomic mass is 10.0. The van der Waals surface area contributed by atoms with Crippen LogP contribution in [0.2, 0.25) is 0 Å². The summed E-state index contributed by atoms with van der Waals surface area (Å²) in [6.45, 7) is 0. The summed E-state index contributed by atoms with van der Waals surface area (Å²) in [5, 5.41) is 2.81.